The highest BCUT2D eigenvalue weighted by atomic mass is 79.9. The lowest BCUT2D eigenvalue weighted by atomic mass is 10.1. The number of nitrogens with one attached hydrogen (secondary N) is 1. The molecule has 0 aliphatic heterocycles. The zero-order chi connectivity index (χ0) is 16.4. The maximum absolute atomic E-state index is 12.2. The van der Waals surface area contributed by atoms with Crippen LogP contribution < -0.4 is 5.32 Å². The molecule has 0 spiro atoms. The van der Waals surface area contributed by atoms with E-state index in [1.807, 2.05) is 43.3 Å². The van der Waals surface area contributed by atoms with Crippen LogP contribution in [0.25, 0.3) is 11.3 Å². The van der Waals surface area contributed by atoms with E-state index in [9.17, 15) is 4.79 Å². The molecule has 3 aromatic rings. The van der Waals surface area contributed by atoms with Gasteiger partial charge in [-0.2, -0.15) is 0 Å². The molecule has 1 aromatic heterocycles. The van der Waals surface area contributed by atoms with Gasteiger partial charge < -0.3 is 0 Å². The van der Waals surface area contributed by atoms with Crippen molar-refractivity contribution in [3.05, 3.63) is 68.5 Å². The SMILES string of the molecule is Cc1sc(NC(=O)c2ccc(Br)cc2)nc1-c1ccc(Cl)cc1. The van der Waals surface area contributed by atoms with Crippen molar-refractivity contribution in [1.29, 1.82) is 0 Å². The Morgan fingerprint density at radius 3 is 2.43 bits per heavy atom. The minimum absolute atomic E-state index is 0.172. The van der Waals surface area contributed by atoms with Gasteiger partial charge in [-0.05, 0) is 43.3 Å². The molecule has 0 aliphatic rings. The Morgan fingerprint density at radius 2 is 1.78 bits per heavy atom. The Labute approximate surface area is 151 Å². The van der Waals surface area contributed by atoms with Crippen LogP contribution in [-0.4, -0.2) is 10.9 Å². The Balaban J connectivity index is 1.82. The summed E-state index contributed by atoms with van der Waals surface area (Å²) in [6, 6.07) is 14.7. The number of aromatic nitrogens is 1. The van der Waals surface area contributed by atoms with E-state index in [0.29, 0.717) is 15.7 Å². The number of anilines is 1. The lowest BCUT2D eigenvalue weighted by Gasteiger charge is -2.01. The number of nitrogens with zero attached hydrogens (tertiary/aromatic N) is 1. The van der Waals surface area contributed by atoms with Gasteiger partial charge in [0.15, 0.2) is 5.13 Å². The first kappa shape index (κ1) is 16.2. The van der Waals surface area contributed by atoms with E-state index in [2.05, 4.69) is 26.2 Å². The number of carbonyl (C=O) groups is 1. The molecule has 1 heterocycles. The number of benzene rings is 2. The van der Waals surface area contributed by atoms with Crippen molar-refractivity contribution in [3.63, 3.8) is 0 Å². The lowest BCUT2D eigenvalue weighted by molar-refractivity contribution is 0.102. The van der Waals surface area contributed by atoms with Crippen LogP contribution in [0.15, 0.2) is 53.0 Å². The maximum Gasteiger partial charge on any atom is 0.257 e. The third kappa shape index (κ3) is 3.80. The van der Waals surface area contributed by atoms with E-state index in [4.69, 9.17) is 11.6 Å². The van der Waals surface area contributed by atoms with Gasteiger partial charge in [0.05, 0.1) is 5.69 Å². The van der Waals surface area contributed by atoms with Gasteiger partial charge in [-0.25, -0.2) is 4.98 Å². The largest absolute Gasteiger partial charge is 0.298 e. The smallest absolute Gasteiger partial charge is 0.257 e. The van der Waals surface area contributed by atoms with Crippen molar-refractivity contribution >= 4 is 49.9 Å². The van der Waals surface area contributed by atoms with Crippen molar-refractivity contribution in [1.82, 2.24) is 4.98 Å². The molecule has 1 N–H and O–H groups in total. The summed E-state index contributed by atoms with van der Waals surface area (Å²) in [5, 5.41) is 4.12. The number of carbonyl (C=O) groups excluding carboxylic acids is 1. The third-order valence-electron chi connectivity index (χ3n) is 3.24. The lowest BCUT2D eigenvalue weighted by Crippen LogP contribution is -2.11. The normalized spacial score (nSPS) is 10.6. The number of halogens is 2. The Kier molecular flexibility index (Phi) is 4.80. The summed E-state index contributed by atoms with van der Waals surface area (Å²) >= 11 is 10.7. The molecule has 116 valence electrons. The molecule has 3 nitrogen and oxygen atoms in total. The van der Waals surface area contributed by atoms with Crippen LogP contribution >= 0.6 is 38.9 Å². The molecule has 3 rings (SSSR count). The summed E-state index contributed by atoms with van der Waals surface area (Å²) in [6.07, 6.45) is 0. The van der Waals surface area contributed by atoms with Crippen LogP contribution in [-0.2, 0) is 0 Å². The van der Waals surface area contributed by atoms with Crippen molar-refractivity contribution in [3.8, 4) is 11.3 Å². The number of hydrogen-bond donors (Lipinski definition) is 1. The van der Waals surface area contributed by atoms with Crippen LogP contribution in [0.3, 0.4) is 0 Å². The molecule has 2 aromatic carbocycles. The van der Waals surface area contributed by atoms with Crippen molar-refractivity contribution in [2.75, 3.05) is 5.32 Å². The van der Waals surface area contributed by atoms with Crippen molar-refractivity contribution in [2.45, 2.75) is 6.92 Å². The monoisotopic (exact) mass is 406 g/mol. The zero-order valence-corrected chi connectivity index (χ0v) is 15.3. The molecule has 0 unspecified atom stereocenters. The molecule has 23 heavy (non-hydrogen) atoms. The van der Waals surface area contributed by atoms with Crippen LogP contribution in [0.4, 0.5) is 5.13 Å². The molecule has 6 heteroatoms. The predicted octanol–water partition coefficient (Wildman–Crippen LogP) is 5.79. The summed E-state index contributed by atoms with van der Waals surface area (Å²) in [6.45, 7) is 1.98. The highest BCUT2D eigenvalue weighted by Crippen LogP contribution is 2.31. The van der Waals surface area contributed by atoms with E-state index in [1.165, 1.54) is 11.3 Å². The van der Waals surface area contributed by atoms with E-state index < -0.39 is 0 Å². The van der Waals surface area contributed by atoms with E-state index in [-0.39, 0.29) is 5.91 Å². The van der Waals surface area contributed by atoms with Gasteiger partial charge in [0.25, 0.3) is 5.91 Å². The number of hydrogen-bond acceptors (Lipinski definition) is 3. The molecular weight excluding hydrogens is 396 g/mol. The summed E-state index contributed by atoms with van der Waals surface area (Å²) in [7, 11) is 0. The molecule has 0 atom stereocenters. The quantitative estimate of drug-likeness (QED) is 0.597. The molecule has 1 amide bonds. The number of rotatable bonds is 3. The highest BCUT2D eigenvalue weighted by Gasteiger charge is 2.13. The van der Waals surface area contributed by atoms with Crippen LogP contribution in [0.2, 0.25) is 5.02 Å². The first-order chi connectivity index (χ1) is 11.0. The fraction of sp³-hybridized carbons (Fsp3) is 0.0588. The third-order valence-corrected chi connectivity index (χ3v) is 4.91. The Hall–Kier alpha value is -1.69. The topological polar surface area (TPSA) is 42.0 Å². The molecular formula is C17H12BrClN2OS. The van der Waals surface area contributed by atoms with E-state index in [1.54, 1.807) is 12.1 Å². The Morgan fingerprint density at radius 1 is 1.13 bits per heavy atom. The van der Waals surface area contributed by atoms with Gasteiger partial charge in [0, 0.05) is 25.5 Å². The average Bonchev–Trinajstić information content (AvgIpc) is 2.89. The fourth-order valence-electron chi connectivity index (χ4n) is 2.10. The second kappa shape index (κ2) is 6.83. The molecule has 0 saturated heterocycles. The van der Waals surface area contributed by atoms with Crippen LogP contribution in [0.5, 0.6) is 0 Å². The van der Waals surface area contributed by atoms with Gasteiger partial charge in [0.2, 0.25) is 0 Å². The summed E-state index contributed by atoms with van der Waals surface area (Å²) in [5.41, 5.74) is 2.43. The summed E-state index contributed by atoms with van der Waals surface area (Å²) in [4.78, 5) is 17.8. The van der Waals surface area contributed by atoms with Crippen LogP contribution in [0.1, 0.15) is 15.2 Å². The van der Waals surface area contributed by atoms with Crippen molar-refractivity contribution < 1.29 is 4.79 Å². The number of aryl methyl sites for hydroxylation is 1. The average molecular weight is 408 g/mol. The van der Waals surface area contributed by atoms with Gasteiger partial charge in [-0.1, -0.05) is 39.7 Å². The first-order valence-corrected chi connectivity index (χ1v) is 8.82. The maximum atomic E-state index is 12.2. The minimum atomic E-state index is -0.172. The fourth-order valence-corrected chi connectivity index (χ4v) is 3.32. The highest BCUT2D eigenvalue weighted by molar-refractivity contribution is 9.10. The first-order valence-electron chi connectivity index (χ1n) is 6.83. The molecule has 0 aliphatic carbocycles. The van der Waals surface area contributed by atoms with E-state index in [0.717, 1.165) is 20.6 Å². The number of thiazole rings is 1. The van der Waals surface area contributed by atoms with Gasteiger partial charge in [-0.15, -0.1) is 11.3 Å². The van der Waals surface area contributed by atoms with Gasteiger partial charge in [0.1, 0.15) is 0 Å². The summed E-state index contributed by atoms with van der Waals surface area (Å²) in [5.74, 6) is -0.172. The van der Waals surface area contributed by atoms with Gasteiger partial charge >= 0.3 is 0 Å². The minimum Gasteiger partial charge on any atom is -0.298 e. The second-order valence-electron chi connectivity index (χ2n) is 4.89. The zero-order valence-electron chi connectivity index (χ0n) is 12.1. The van der Waals surface area contributed by atoms with Crippen LogP contribution in [0, 0.1) is 6.92 Å². The van der Waals surface area contributed by atoms with E-state index >= 15 is 0 Å². The Bertz CT molecular complexity index is 844. The summed E-state index contributed by atoms with van der Waals surface area (Å²) < 4.78 is 0.934. The predicted molar refractivity (Wildman–Crippen MR) is 99.4 cm³/mol. The molecule has 0 radical (unpaired) electrons. The van der Waals surface area contributed by atoms with Gasteiger partial charge in [-0.3, -0.25) is 10.1 Å². The molecule has 0 fully saturated rings. The second-order valence-corrected chi connectivity index (χ2v) is 7.45. The number of amides is 1. The standard InChI is InChI=1S/C17H12BrClN2OS/c1-10-15(11-4-8-14(19)9-5-11)20-17(23-10)21-16(22)12-2-6-13(18)7-3-12/h2-9H,1H3,(H,20,21,22). The van der Waals surface area contributed by atoms with Crippen molar-refractivity contribution in [2.24, 2.45) is 0 Å². The molecule has 0 saturated carbocycles. The molecule has 0 bridgehead atoms.